The number of nitrogens with zero attached hydrogens (tertiary/aromatic N) is 2. The topological polar surface area (TPSA) is 110 Å². The lowest BCUT2D eigenvalue weighted by atomic mass is 10.3. The van der Waals surface area contributed by atoms with Crippen LogP contribution in [0, 0.1) is 10.1 Å². The van der Waals surface area contributed by atoms with Gasteiger partial charge in [-0.25, -0.2) is 8.42 Å². The van der Waals surface area contributed by atoms with Crippen LogP contribution in [0.5, 0.6) is 0 Å². The molecule has 1 N–H and O–H groups in total. The number of nitrogens with one attached hydrogen (secondary N) is 1. The van der Waals surface area contributed by atoms with Crippen LogP contribution < -0.4 is 9.62 Å². The van der Waals surface area contributed by atoms with Gasteiger partial charge in [0.15, 0.2) is 0 Å². The van der Waals surface area contributed by atoms with E-state index in [1.54, 1.807) is 24.3 Å². The lowest BCUT2D eigenvalue weighted by Crippen LogP contribution is -2.38. The van der Waals surface area contributed by atoms with Crippen molar-refractivity contribution >= 4 is 56.2 Å². The van der Waals surface area contributed by atoms with Crippen molar-refractivity contribution in [3.8, 4) is 0 Å². The molecular weight excluding hydrogens is 465 g/mol. The van der Waals surface area contributed by atoms with Crippen molar-refractivity contribution in [2.45, 2.75) is 4.90 Å². The van der Waals surface area contributed by atoms with Gasteiger partial charge in [-0.05, 0) is 42.5 Å². The molecular formula is C20H15Cl2N3O5S. The number of non-ortho nitro benzene ring substituents is 1. The van der Waals surface area contributed by atoms with E-state index >= 15 is 0 Å². The van der Waals surface area contributed by atoms with E-state index in [0.717, 1.165) is 16.4 Å². The number of rotatable bonds is 7. The largest absolute Gasteiger partial charge is 0.323 e. The Labute approximate surface area is 188 Å². The molecule has 0 unspecified atom stereocenters. The SMILES string of the molecule is O=C(CN(c1ccc([N+](=O)[O-])cc1)S(=O)(=O)c1ccccc1)Nc1cc(Cl)ccc1Cl. The van der Waals surface area contributed by atoms with Gasteiger partial charge < -0.3 is 5.32 Å². The number of hydrogen-bond acceptors (Lipinski definition) is 5. The lowest BCUT2D eigenvalue weighted by molar-refractivity contribution is -0.384. The number of carbonyl (C=O) groups is 1. The van der Waals surface area contributed by atoms with Crippen LogP contribution in [0.25, 0.3) is 0 Å². The molecule has 160 valence electrons. The summed E-state index contributed by atoms with van der Waals surface area (Å²) >= 11 is 12.0. The normalized spacial score (nSPS) is 11.0. The summed E-state index contributed by atoms with van der Waals surface area (Å²) < 4.78 is 27.3. The summed E-state index contributed by atoms with van der Waals surface area (Å²) in [5.74, 6) is -0.679. The molecule has 0 saturated carbocycles. The molecule has 0 aliphatic heterocycles. The van der Waals surface area contributed by atoms with Crippen molar-refractivity contribution in [3.63, 3.8) is 0 Å². The van der Waals surface area contributed by atoms with Gasteiger partial charge in [-0.3, -0.25) is 19.2 Å². The summed E-state index contributed by atoms with van der Waals surface area (Å²) in [5, 5.41) is 14.0. The maximum Gasteiger partial charge on any atom is 0.269 e. The average Bonchev–Trinajstić information content (AvgIpc) is 2.75. The zero-order valence-electron chi connectivity index (χ0n) is 15.7. The molecule has 8 nitrogen and oxygen atoms in total. The van der Waals surface area contributed by atoms with Gasteiger partial charge in [-0.15, -0.1) is 0 Å². The van der Waals surface area contributed by atoms with Crippen LogP contribution >= 0.6 is 23.2 Å². The van der Waals surface area contributed by atoms with Gasteiger partial charge in [0.1, 0.15) is 6.54 Å². The second kappa shape index (κ2) is 9.34. The number of amides is 1. The fourth-order valence-corrected chi connectivity index (χ4v) is 4.47. The molecule has 0 aromatic heterocycles. The summed E-state index contributed by atoms with van der Waals surface area (Å²) in [4.78, 5) is 23.0. The van der Waals surface area contributed by atoms with Crippen molar-refractivity contribution in [3.05, 3.63) is 93.0 Å². The monoisotopic (exact) mass is 479 g/mol. The Kier molecular flexibility index (Phi) is 6.79. The molecule has 3 rings (SSSR count). The molecule has 0 aliphatic carbocycles. The predicted octanol–water partition coefficient (Wildman–Crippen LogP) is 4.74. The third-order valence-electron chi connectivity index (χ3n) is 4.17. The molecule has 31 heavy (non-hydrogen) atoms. The molecule has 0 spiro atoms. The molecule has 3 aromatic carbocycles. The highest BCUT2D eigenvalue weighted by Crippen LogP contribution is 2.28. The molecule has 0 atom stereocenters. The minimum absolute atomic E-state index is 0.0399. The number of halogens is 2. The third-order valence-corrected chi connectivity index (χ3v) is 6.52. The zero-order chi connectivity index (χ0) is 22.6. The van der Waals surface area contributed by atoms with E-state index in [1.807, 2.05) is 0 Å². The summed E-state index contributed by atoms with van der Waals surface area (Å²) in [7, 11) is -4.15. The Balaban J connectivity index is 1.96. The minimum Gasteiger partial charge on any atom is -0.323 e. The second-order valence-electron chi connectivity index (χ2n) is 6.27. The first-order chi connectivity index (χ1) is 14.7. The van der Waals surface area contributed by atoms with E-state index in [0.29, 0.717) is 5.02 Å². The third kappa shape index (κ3) is 5.32. The van der Waals surface area contributed by atoms with Crippen molar-refractivity contribution < 1.29 is 18.1 Å². The van der Waals surface area contributed by atoms with E-state index < -0.39 is 27.4 Å². The van der Waals surface area contributed by atoms with Gasteiger partial charge in [0.25, 0.3) is 15.7 Å². The first-order valence-corrected chi connectivity index (χ1v) is 11.0. The fraction of sp³-hybridized carbons (Fsp3) is 0.0500. The van der Waals surface area contributed by atoms with Crippen molar-refractivity contribution in [1.29, 1.82) is 0 Å². The van der Waals surface area contributed by atoms with Crippen molar-refractivity contribution in [2.24, 2.45) is 0 Å². The van der Waals surface area contributed by atoms with Crippen LogP contribution in [0.4, 0.5) is 17.1 Å². The van der Waals surface area contributed by atoms with Crippen LogP contribution in [0.1, 0.15) is 0 Å². The molecule has 0 saturated heterocycles. The molecule has 0 aliphatic rings. The first kappa shape index (κ1) is 22.5. The molecule has 0 radical (unpaired) electrons. The Bertz CT molecular complexity index is 1220. The number of nitro benzene ring substituents is 1. The van der Waals surface area contributed by atoms with Gasteiger partial charge in [0, 0.05) is 17.2 Å². The summed E-state index contributed by atoms with van der Waals surface area (Å²) in [6, 6.07) is 16.8. The quantitative estimate of drug-likeness (QED) is 0.388. The molecule has 11 heteroatoms. The maximum atomic E-state index is 13.2. The van der Waals surface area contributed by atoms with Crippen LogP contribution in [0.3, 0.4) is 0 Å². The lowest BCUT2D eigenvalue weighted by Gasteiger charge is -2.24. The van der Waals surface area contributed by atoms with Crippen LogP contribution in [-0.4, -0.2) is 25.8 Å². The van der Waals surface area contributed by atoms with E-state index in [4.69, 9.17) is 23.2 Å². The fourth-order valence-electron chi connectivity index (χ4n) is 2.69. The molecule has 0 fully saturated rings. The number of nitro groups is 1. The predicted molar refractivity (Wildman–Crippen MR) is 119 cm³/mol. The van der Waals surface area contributed by atoms with E-state index in [2.05, 4.69) is 5.32 Å². The highest BCUT2D eigenvalue weighted by Gasteiger charge is 2.27. The van der Waals surface area contributed by atoms with Gasteiger partial charge in [-0.1, -0.05) is 41.4 Å². The number of anilines is 2. The molecule has 0 heterocycles. The zero-order valence-corrected chi connectivity index (χ0v) is 18.1. The highest BCUT2D eigenvalue weighted by atomic mass is 35.5. The molecule has 0 bridgehead atoms. The van der Waals surface area contributed by atoms with Crippen molar-refractivity contribution in [1.82, 2.24) is 0 Å². The Morgan fingerprint density at radius 2 is 1.65 bits per heavy atom. The second-order valence-corrected chi connectivity index (χ2v) is 8.98. The van der Waals surface area contributed by atoms with Crippen LogP contribution in [0.2, 0.25) is 10.0 Å². The standard InChI is InChI=1S/C20H15Cl2N3O5S/c21-14-6-11-18(22)19(12-14)23-20(26)13-24(15-7-9-16(10-8-15)25(27)28)31(29,30)17-4-2-1-3-5-17/h1-12H,13H2,(H,23,26). The number of carbonyl (C=O) groups excluding carboxylic acids is 1. The van der Waals surface area contributed by atoms with E-state index in [-0.39, 0.29) is 27.0 Å². The summed E-state index contributed by atoms with van der Waals surface area (Å²) in [5.41, 5.74) is 0.0951. The average molecular weight is 480 g/mol. The first-order valence-electron chi connectivity index (χ1n) is 8.75. The number of sulfonamides is 1. The Hall–Kier alpha value is -3.14. The maximum absolute atomic E-state index is 13.2. The minimum atomic E-state index is -4.15. The smallest absolute Gasteiger partial charge is 0.269 e. The number of benzene rings is 3. The molecule has 1 amide bonds. The van der Waals surface area contributed by atoms with Gasteiger partial charge in [0.05, 0.1) is 26.2 Å². The van der Waals surface area contributed by atoms with Gasteiger partial charge >= 0.3 is 0 Å². The Morgan fingerprint density at radius 3 is 2.26 bits per heavy atom. The van der Waals surface area contributed by atoms with Gasteiger partial charge in [0.2, 0.25) is 5.91 Å². The summed E-state index contributed by atoms with van der Waals surface area (Å²) in [6.45, 7) is -0.599. The molecule has 3 aromatic rings. The van der Waals surface area contributed by atoms with Crippen LogP contribution in [-0.2, 0) is 14.8 Å². The van der Waals surface area contributed by atoms with Gasteiger partial charge in [-0.2, -0.15) is 0 Å². The van der Waals surface area contributed by atoms with E-state index in [9.17, 15) is 23.3 Å². The van der Waals surface area contributed by atoms with Crippen LogP contribution in [0.15, 0.2) is 77.7 Å². The van der Waals surface area contributed by atoms with Crippen molar-refractivity contribution in [2.75, 3.05) is 16.2 Å². The summed E-state index contributed by atoms with van der Waals surface area (Å²) in [6.07, 6.45) is 0. The Morgan fingerprint density at radius 1 is 1.00 bits per heavy atom. The highest BCUT2D eigenvalue weighted by molar-refractivity contribution is 7.92. The number of hydrogen-bond donors (Lipinski definition) is 1. The van der Waals surface area contributed by atoms with E-state index in [1.165, 1.54) is 36.4 Å².